The van der Waals surface area contributed by atoms with Crippen molar-refractivity contribution in [2.75, 3.05) is 20.2 Å². The van der Waals surface area contributed by atoms with Crippen molar-refractivity contribution < 1.29 is 9.84 Å². The number of nitrogens with zero attached hydrogens (tertiary/aromatic N) is 3. The molecule has 0 aliphatic carbocycles. The zero-order valence-electron chi connectivity index (χ0n) is 15.0. The predicted molar refractivity (Wildman–Crippen MR) is 99.7 cm³/mol. The van der Waals surface area contributed by atoms with Gasteiger partial charge in [0.15, 0.2) is 0 Å². The third-order valence-corrected chi connectivity index (χ3v) is 4.25. The molecular formula is C20H25N3O2. The summed E-state index contributed by atoms with van der Waals surface area (Å²) in [6, 6.07) is 15.9. The molecule has 3 rings (SSSR count). The molecule has 0 aliphatic heterocycles. The van der Waals surface area contributed by atoms with Crippen molar-refractivity contribution in [1.82, 2.24) is 14.5 Å². The maximum absolute atomic E-state index is 10.2. The fourth-order valence-electron chi connectivity index (χ4n) is 2.95. The molecule has 1 N–H and O–H groups in total. The first kappa shape index (κ1) is 17.5. The number of likely N-dealkylation sites (N-methyl/N-ethyl adjacent to an activating group) is 1. The quantitative estimate of drug-likeness (QED) is 0.719. The van der Waals surface area contributed by atoms with Crippen LogP contribution in [-0.4, -0.2) is 45.9 Å². The SMILES string of the molecule is Cc1cccc(OCC(O)CN(C)Cc2nc3ccccc3n2C)c1. The van der Waals surface area contributed by atoms with Crippen molar-refractivity contribution in [2.24, 2.45) is 7.05 Å². The van der Waals surface area contributed by atoms with Gasteiger partial charge >= 0.3 is 0 Å². The molecule has 0 radical (unpaired) electrons. The summed E-state index contributed by atoms with van der Waals surface area (Å²) in [6.45, 7) is 3.49. The topological polar surface area (TPSA) is 50.5 Å². The number of ether oxygens (including phenoxy) is 1. The highest BCUT2D eigenvalue weighted by Gasteiger charge is 2.13. The molecule has 0 fully saturated rings. The second-order valence-corrected chi connectivity index (χ2v) is 6.55. The number of benzene rings is 2. The average Bonchev–Trinajstić information content (AvgIpc) is 2.89. The number of para-hydroxylation sites is 2. The molecule has 0 amide bonds. The summed E-state index contributed by atoms with van der Waals surface area (Å²) < 4.78 is 7.77. The van der Waals surface area contributed by atoms with E-state index in [1.165, 1.54) is 0 Å². The maximum Gasteiger partial charge on any atom is 0.123 e. The van der Waals surface area contributed by atoms with E-state index in [0.29, 0.717) is 13.1 Å². The summed E-state index contributed by atoms with van der Waals surface area (Å²) in [5.74, 6) is 1.77. The predicted octanol–water partition coefficient (Wildman–Crippen LogP) is 2.75. The average molecular weight is 339 g/mol. The lowest BCUT2D eigenvalue weighted by Crippen LogP contribution is -2.33. The monoisotopic (exact) mass is 339 g/mol. The first-order chi connectivity index (χ1) is 12.0. The van der Waals surface area contributed by atoms with E-state index < -0.39 is 6.10 Å². The zero-order chi connectivity index (χ0) is 17.8. The summed E-state index contributed by atoms with van der Waals surface area (Å²) in [7, 11) is 4.00. The van der Waals surface area contributed by atoms with Gasteiger partial charge in [0.2, 0.25) is 0 Å². The van der Waals surface area contributed by atoms with Crippen LogP contribution in [0.4, 0.5) is 0 Å². The minimum atomic E-state index is -0.555. The van der Waals surface area contributed by atoms with Crippen molar-refractivity contribution in [3.63, 3.8) is 0 Å². The number of aromatic nitrogens is 2. The van der Waals surface area contributed by atoms with Gasteiger partial charge in [-0.1, -0.05) is 24.3 Å². The summed E-state index contributed by atoms with van der Waals surface area (Å²) in [6.07, 6.45) is -0.555. The number of hydrogen-bond donors (Lipinski definition) is 1. The molecule has 5 nitrogen and oxygen atoms in total. The molecule has 0 saturated carbocycles. The highest BCUT2D eigenvalue weighted by atomic mass is 16.5. The van der Waals surface area contributed by atoms with Crippen LogP contribution >= 0.6 is 0 Å². The van der Waals surface area contributed by atoms with E-state index >= 15 is 0 Å². The zero-order valence-corrected chi connectivity index (χ0v) is 15.0. The number of hydrogen-bond acceptors (Lipinski definition) is 4. The van der Waals surface area contributed by atoms with Gasteiger partial charge in [0.05, 0.1) is 17.6 Å². The van der Waals surface area contributed by atoms with Crippen LogP contribution in [0.3, 0.4) is 0 Å². The van der Waals surface area contributed by atoms with Crippen LogP contribution in [0.5, 0.6) is 5.75 Å². The van der Waals surface area contributed by atoms with Gasteiger partial charge in [-0.25, -0.2) is 4.98 Å². The lowest BCUT2D eigenvalue weighted by Gasteiger charge is -2.20. The van der Waals surface area contributed by atoms with Crippen LogP contribution in [0.1, 0.15) is 11.4 Å². The number of aliphatic hydroxyl groups is 1. The van der Waals surface area contributed by atoms with Crippen LogP contribution in [0.2, 0.25) is 0 Å². The third-order valence-electron chi connectivity index (χ3n) is 4.25. The first-order valence-corrected chi connectivity index (χ1v) is 8.49. The fraction of sp³-hybridized carbons (Fsp3) is 0.350. The van der Waals surface area contributed by atoms with E-state index in [9.17, 15) is 5.11 Å². The van der Waals surface area contributed by atoms with Crippen molar-refractivity contribution in [2.45, 2.75) is 19.6 Å². The van der Waals surface area contributed by atoms with Gasteiger partial charge in [-0.05, 0) is 43.8 Å². The molecule has 0 aliphatic rings. The van der Waals surface area contributed by atoms with E-state index in [0.717, 1.165) is 28.2 Å². The van der Waals surface area contributed by atoms with Crippen LogP contribution in [0.15, 0.2) is 48.5 Å². The first-order valence-electron chi connectivity index (χ1n) is 8.49. The van der Waals surface area contributed by atoms with Gasteiger partial charge in [-0.15, -0.1) is 0 Å². The highest BCUT2D eigenvalue weighted by molar-refractivity contribution is 5.75. The molecule has 1 aromatic heterocycles. The maximum atomic E-state index is 10.2. The van der Waals surface area contributed by atoms with E-state index in [-0.39, 0.29) is 6.61 Å². The second kappa shape index (κ2) is 7.68. The van der Waals surface area contributed by atoms with Crippen molar-refractivity contribution in [3.05, 3.63) is 59.9 Å². The molecule has 25 heavy (non-hydrogen) atoms. The van der Waals surface area contributed by atoms with E-state index in [2.05, 4.69) is 20.5 Å². The fourth-order valence-corrected chi connectivity index (χ4v) is 2.95. The van der Waals surface area contributed by atoms with Gasteiger partial charge in [0.25, 0.3) is 0 Å². The van der Waals surface area contributed by atoms with Gasteiger partial charge in [-0.2, -0.15) is 0 Å². The Balaban J connectivity index is 1.54. The highest BCUT2D eigenvalue weighted by Crippen LogP contribution is 2.16. The second-order valence-electron chi connectivity index (χ2n) is 6.55. The lowest BCUT2D eigenvalue weighted by atomic mass is 10.2. The molecule has 5 heteroatoms. The number of aryl methyl sites for hydroxylation is 2. The molecule has 0 spiro atoms. The van der Waals surface area contributed by atoms with Crippen molar-refractivity contribution in [1.29, 1.82) is 0 Å². The number of rotatable bonds is 7. The Morgan fingerprint density at radius 2 is 2.00 bits per heavy atom. The normalized spacial score (nSPS) is 12.7. The third kappa shape index (κ3) is 4.38. The largest absolute Gasteiger partial charge is 0.491 e. The van der Waals surface area contributed by atoms with Crippen LogP contribution < -0.4 is 4.74 Å². The molecule has 132 valence electrons. The summed E-state index contributed by atoms with van der Waals surface area (Å²) in [4.78, 5) is 6.73. The van der Waals surface area contributed by atoms with Gasteiger partial charge in [0.1, 0.15) is 24.3 Å². The molecule has 1 unspecified atom stereocenters. The van der Waals surface area contributed by atoms with E-state index in [1.54, 1.807) is 0 Å². The van der Waals surface area contributed by atoms with Crippen LogP contribution in [0, 0.1) is 6.92 Å². The Morgan fingerprint density at radius 3 is 2.76 bits per heavy atom. The molecule has 2 aromatic carbocycles. The summed E-state index contributed by atoms with van der Waals surface area (Å²) in [5.41, 5.74) is 3.26. The van der Waals surface area contributed by atoms with E-state index in [1.807, 2.05) is 63.5 Å². The number of aliphatic hydroxyl groups excluding tert-OH is 1. The molecule has 0 saturated heterocycles. The molecule has 0 bridgehead atoms. The standard InChI is InChI=1S/C20H25N3O2/c1-15-7-6-8-17(11-15)25-14-16(24)12-22(2)13-20-21-18-9-4-5-10-19(18)23(20)3/h4-11,16,24H,12-14H2,1-3H3. The lowest BCUT2D eigenvalue weighted by molar-refractivity contribution is 0.0735. The Hall–Kier alpha value is -2.37. The smallest absolute Gasteiger partial charge is 0.123 e. The summed E-state index contributed by atoms with van der Waals surface area (Å²) >= 11 is 0. The Morgan fingerprint density at radius 1 is 1.20 bits per heavy atom. The Bertz CT molecular complexity index is 844. The molecule has 1 heterocycles. The van der Waals surface area contributed by atoms with Crippen LogP contribution in [0.25, 0.3) is 11.0 Å². The van der Waals surface area contributed by atoms with Gasteiger partial charge in [-0.3, -0.25) is 4.90 Å². The van der Waals surface area contributed by atoms with Crippen molar-refractivity contribution >= 4 is 11.0 Å². The number of fused-ring (bicyclic) bond motifs is 1. The minimum Gasteiger partial charge on any atom is -0.491 e. The van der Waals surface area contributed by atoms with Crippen molar-refractivity contribution in [3.8, 4) is 5.75 Å². The Kier molecular flexibility index (Phi) is 5.36. The summed E-state index contributed by atoms with van der Waals surface area (Å²) in [5, 5.41) is 10.2. The molecular weight excluding hydrogens is 314 g/mol. The van der Waals surface area contributed by atoms with Crippen LogP contribution in [-0.2, 0) is 13.6 Å². The van der Waals surface area contributed by atoms with Gasteiger partial charge in [0, 0.05) is 13.6 Å². The molecule has 1 atom stereocenters. The minimum absolute atomic E-state index is 0.274. The Labute approximate surface area is 148 Å². The van der Waals surface area contributed by atoms with E-state index in [4.69, 9.17) is 4.74 Å². The molecule has 3 aromatic rings. The van der Waals surface area contributed by atoms with Gasteiger partial charge < -0.3 is 14.4 Å². The number of imidazole rings is 1.